The molecule has 1 fully saturated rings. The van der Waals surface area contributed by atoms with E-state index in [2.05, 4.69) is 18.2 Å². The molecule has 0 aromatic heterocycles. The highest BCUT2D eigenvalue weighted by molar-refractivity contribution is 7.92. The van der Waals surface area contributed by atoms with Crippen LogP contribution in [0.5, 0.6) is 0 Å². The summed E-state index contributed by atoms with van der Waals surface area (Å²) in [5.41, 5.74) is 2.68. The topological polar surface area (TPSA) is 54.4 Å². The van der Waals surface area contributed by atoms with Gasteiger partial charge in [0.15, 0.2) is 9.84 Å². The van der Waals surface area contributed by atoms with Crippen molar-refractivity contribution in [2.24, 2.45) is 0 Å². The third-order valence-electron chi connectivity index (χ3n) is 5.08. The number of fused-ring (bicyclic) bond motifs is 1. The van der Waals surface area contributed by atoms with Gasteiger partial charge < -0.3 is 5.11 Å². The van der Waals surface area contributed by atoms with Crippen molar-refractivity contribution in [2.75, 3.05) is 5.75 Å². The van der Waals surface area contributed by atoms with Crippen LogP contribution in [-0.2, 0) is 16.3 Å². The lowest BCUT2D eigenvalue weighted by Gasteiger charge is -2.31. The van der Waals surface area contributed by atoms with Gasteiger partial charge in [-0.25, -0.2) is 8.42 Å². The standard InChI is InChI=1S/C17H24O3S/c18-16(17-10-3-4-11-21(17,19)20)12-14-8-5-7-13-6-1-2-9-15(13)14/h1-2,6,9,14,16-18H,3-5,7-8,10-12H2. The summed E-state index contributed by atoms with van der Waals surface area (Å²) in [5, 5.41) is 9.97. The van der Waals surface area contributed by atoms with Crippen molar-refractivity contribution in [3.63, 3.8) is 0 Å². The maximum atomic E-state index is 12.2. The first-order valence-corrected chi connectivity index (χ1v) is 9.77. The highest BCUT2D eigenvalue weighted by Crippen LogP contribution is 2.36. The number of aliphatic hydroxyl groups excluding tert-OH is 1. The van der Waals surface area contributed by atoms with Crippen LogP contribution in [0.2, 0.25) is 0 Å². The lowest BCUT2D eigenvalue weighted by molar-refractivity contribution is 0.140. The summed E-state index contributed by atoms with van der Waals surface area (Å²) in [6.45, 7) is 0. The van der Waals surface area contributed by atoms with Gasteiger partial charge in [-0.15, -0.1) is 0 Å². The molecule has 1 heterocycles. The zero-order valence-electron chi connectivity index (χ0n) is 12.4. The molecule has 1 aromatic rings. The van der Waals surface area contributed by atoms with Crippen LogP contribution in [0.4, 0.5) is 0 Å². The molecule has 0 spiro atoms. The molecule has 1 saturated heterocycles. The first kappa shape index (κ1) is 15.0. The molecule has 21 heavy (non-hydrogen) atoms. The summed E-state index contributed by atoms with van der Waals surface area (Å²) in [7, 11) is -3.10. The fourth-order valence-electron chi connectivity index (χ4n) is 3.95. The molecule has 1 N–H and O–H groups in total. The Bertz CT molecular complexity index is 594. The third-order valence-corrected chi connectivity index (χ3v) is 7.41. The lowest BCUT2D eigenvalue weighted by atomic mass is 9.79. The first-order chi connectivity index (χ1) is 10.1. The maximum absolute atomic E-state index is 12.2. The van der Waals surface area contributed by atoms with Crippen LogP contribution >= 0.6 is 0 Å². The molecule has 1 aromatic carbocycles. The lowest BCUT2D eigenvalue weighted by Crippen LogP contribution is -2.39. The summed E-state index contributed by atoms with van der Waals surface area (Å²) < 4.78 is 24.3. The van der Waals surface area contributed by atoms with E-state index in [9.17, 15) is 13.5 Å². The van der Waals surface area contributed by atoms with E-state index in [-0.39, 0.29) is 5.75 Å². The Morgan fingerprint density at radius 1 is 1.14 bits per heavy atom. The van der Waals surface area contributed by atoms with E-state index in [4.69, 9.17) is 0 Å². The van der Waals surface area contributed by atoms with Crippen LogP contribution in [0.3, 0.4) is 0 Å². The van der Waals surface area contributed by atoms with Crippen LogP contribution < -0.4 is 0 Å². The second-order valence-electron chi connectivity index (χ2n) is 6.49. The summed E-state index contributed by atoms with van der Waals surface area (Å²) in [6, 6.07) is 8.40. The molecule has 3 nitrogen and oxygen atoms in total. The monoisotopic (exact) mass is 308 g/mol. The molecule has 4 heteroatoms. The van der Waals surface area contributed by atoms with Gasteiger partial charge in [-0.1, -0.05) is 30.7 Å². The van der Waals surface area contributed by atoms with Crippen molar-refractivity contribution in [1.29, 1.82) is 0 Å². The Kier molecular flexibility index (Phi) is 4.36. The second kappa shape index (κ2) is 6.09. The summed E-state index contributed by atoms with van der Waals surface area (Å²) in [6.07, 6.45) is 5.45. The van der Waals surface area contributed by atoms with Crippen LogP contribution in [0.1, 0.15) is 55.6 Å². The molecule has 2 aliphatic rings. The van der Waals surface area contributed by atoms with E-state index in [1.165, 1.54) is 11.1 Å². The van der Waals surface area contributed by atoms with Gasteiger partial charge in [0.05, 0.1) is 17.1 Å². The molecule has 3 atom stereocenters. The van der Waals surface area contributed by atoms with Gasteiger partial charge >= 0.3 is 0 Å². The SMILES string of the molecule is O=S1(=O)CCCCC1C(O)CC1CCCc2ccccc21. The molecular weight excluding hydrogens is 284 g/mol. The number of benzene rings is 1. The predicted octanol–water partition coefficient (Wildman–Crippen LogP) is 2.82. The Labute approximate surface area is 127 Å². The minimum atomic E-state index is -3.10. The van der Waals surface area contributed by atoms with Crippen LogP contribution in [0, 0.1) is 0 Å². The molecule has 0 radical (unpaired) electrons. The Morgan fingerprint density at radius 3 is 2.76 bits per heavy atom. The summed E-state index contributed by atoms with van der Waals surface area (Å²) in [4.78, 5) is 0. The van der Waals surface area contributed by atoms with Gasteiger partial charge in [0.1, 0.15) is 0 Å². The van der Waals surface area contributed by atoms with E-state index in [0.717, 1.165) is 32.1 Å². The van der Waals surface area contributed by atoms with Gasteiger partial charge in [0.25, 0.3) is 0 Å². The second-order valence-corrected chi connectivity index (χ2v) is 8.83. The fraction of sp³-hybridized carbons (Fsp3) is 0.647. The molecule has 0 bridgehead atoms. The van der Waals surface area contributed by atoms with Crippen molar-refractivity contribution in [3.05, 3.63) is 35.4 Å². The van der Waals surface area contributed by atoms with Gasteiger partial charge in [-0.05, 0) is 55.6 Å². The molecule has 3 rings (SSSR count). The van der Waals surface area contributed by atoms with Crippen molar-refractivity contribution >= 4 is 9.84 Å². The molecule has 3 unspecified atom stereocenters. The highest BCUT2D eigenvalue weighted by atomic mass is 32.2. The van der Waals surface area contributed by atoms with Gasteiger partial charge in [-0.2, -0.15) is 0 Å². The van der Waals surface area contributed by atoms with Gasteiger partial charge in [0, 0.05) is 0 Å². The highest BCUT2D eigenvalue weighted by Gasteiger charge is 2.36. The largest absolute Gasteiger partial charge is 0.392 e. The van der Waals surface area contributed by atoms with Crippen molar-refractivity contribution in [1.82, 2.24) is 0 Å². The van der Waals surface area contributed by atoms with Crippen LogP contribution in [0.25, 0.3) is 0 Å². The molecule has 1 aliphatic heterocycles. The smallest absolute Gasteiger partial charge is 0.155 e. The third kappa shape index (κ3) is 3.16. The maximum Gasteiger partial charge on any atom is 0.155 e. The number of hydrogen-bond donors (Lipinski definition) is 1. The van der Waals surface area contributed by atoms with Crippen LogP contribution in [0.15, 0.2) is 24.3 Å². The Morgan fingerprint density at radius 2 is 1.95 bits per heavy atom. The van der Waals surface area contributed by atoms with E-state index in [1.54, 1.807) is 0 Å². The van der Waals surface area contributed by atoms with Crippen LogP contribution in [-0.4, -0.2) is 30.6 Å². The molecule has 0 saturated carbocycles. The van der Waals surface area contributed by atoms with E-state index in [1.807, 2.05) is 6.07 Å². The average Bonchev–Trinajstić information content (AvgIpc) is 2.47. The molecular formula is C17H24O3S. The molecule has 116 valence electrons. The van der Waals surface area contributed by atoms with E-state index in [0.29, 0.717) is 18.8 Å². The van der Waals surface area contributed by atoms with E-state index >= 15 is 0 Å². The number of hydrogen-bond acceptors (Lipinski definition) is 3. The summed E-state index contributed by atoms with van der Waals surface area (Å²) >= 11 is 0. The van der Waals surface area contributed by atoms with Gasteiger partial charge in [0.2, 0.25) is 0 Å². The van der Waals surface area contributed by atoms with Crippen molar-refractivity contribution in [2.45, 2.75) is 62.2 Å². The van der Waals surface area contributed by atoms with Crippen molar-refractivity contribution < 1.29 is 13.5 Å². The zero-order valence-corrected chi connectivity index (χ0v) is 13.2. The quantitative estimate of drug-likeness (QED) is 0.934. The molecule has 0 amide bonds. The minimum absolute atomic E-state index is 0.246. The van der Waals surface area contributed by atoms with E-state index < -0.39 is 21.2 Å². The Hall–Kier alpha value is -0.870. The average molecular weight is 308 g/mol. The fourth-order valence-corrected chi connectivity index (χ4v) is 5.98. The van der Waals surface area contributed by atoms with Crippen molar-refractivity contribution in [3.8, 4) is 0 Å². The molecule has 1 aliphatic carbocycles. The number of rotatable bonds is 3. The number of aliphatic hydroxyl groups is 1. The normalized spacial score (nSPS) is 29.6. The number of sulfone groups is 1. The Balaban J connectivity index is 1.75. The minimum Gasteiger partial charge on any atom is -0.392 e. The number of aryl methyl sites for hydroxylation is 1. The first-order valence-electron chi connectivity index (χ1n) is 8.05. The summed E-state index contributed by atoms with van der Waals surface area (Å²) in [5.74, 6) is 0.553. The zero-order chi connectivity index (χ0) is 14.9. The van der Waals surface area contributed by atoms with Gasteiger partial charge in [-0.3, -0.25) is 0 Å². The predicted molar refractivity (Wildman–Crippen MR) is 84.2 cm³/mol.